The van der Waals surface area contributed by atoms with Crippen molar-refractivity contribution in [3.8, 4) is 11.5 Å². The van der Waals surface area contributed by atoms with Gasteiger partial charge in [-0.3, -0.25) is 0 Å². The molecule has 0 saturated heterocycles. The molecule has 0 aliphatic carbocycles. The fourth-order valence-electron chi connectivity index (χ4n) is 3.32. The zero-order chi connectivity index (χ0) is 19.9. The zero-order valence-corrected chi connectivity index (χ0v) is 17.4. The molecule has 3 rings (SSSR count). The highest BCUT2D eigenvalue weighted by Crippen LogP contribution is 2.43. The molecule has 2 nitrogen and oxygen atoms in total. The van der Waals surface area contributed by atoms with Crippen LogP contribution in [0.25, 0.3) is 21.5 Å². The van der Waals surface area contributed by atoms with E-state index in [1.54, 1.807) is 0 Å². The largest absolute Gasteiger partial charge is 0.464 e. The predicted octanol–water partition coefficient (Wildman–Crippen LogP) is 8.00. The number of ether oxygens (including phenoxy) is 2. The monoisotopic (exact) mass is 374 g/mol. The molecule has 0 heterocycles. The summed E-state index contributed by atoms with van der Waals surface area (Å²) in [6.07, 6.45) is 12.0. The molecule has 3 aromatic rings. The first kappa shape index (κ1) is 20.0. The van der Waals surface area contributed by atoms with E-state index in [9.17, 15) is 0 Å². The van der Waals surface area contributed by atoms with Crippen molar-refractivity contribution >= 4 is 21.5 Å². The van der Waals surface area contributed by atoms with Gasteiger partial charge >= 0.3 is 0 Å². The topological polar surface area (TPSA) is 18.5 Å². The minimum atomic E-state index is 0.894. The normalized spacial score (nSPS) is 11.9. The molecule has 0 amide bonds. The van der Waals surface area contributed by atoms with Crippen molar-refractivity contribution < 1.29 is 9.47 Å². The molecule has 28 heavy (non-hydrogen) atoms. The van der Waals surface area contributed by atoms with Crippen LogP contribution in [-0.4, -0.2) is 0 Å². The average molecular weight is 375 g/mol. The number of hydrogen-bond donors (Lipinski definition) is 0. The Morgan fingerprint density at radius 3 is 1.50 bits per heavy atom. The minimum Gasteiger partial charge on any atom is -0.464 e. The van der Waals surface area contributed by atoms with E-state index in [0.29, 0.717) is 0 Å². The molecule has 0 unspecified atom stereocenters. The summed E-state index contributed by atoms with van der Waals surface area (Å²) in [5, 5.41) is 4.31. The Labute approximate surface area is 168 Å². The van der Waals surface area contributed by atoms with Crippen LogP contribution in [0.15, 0.2) is 61.1 Å². The molecule has 0 bridgehead atoms. The smallest absolute Gasteiger partial charge is 0.142 e. The van der Waals surface area contributed by atoms with Crippen molar-refractivity contribution in [2.24, 2.45) is 0 Å². The van der Waals surface area contributed by atoms with Gasteiger partial charge in [-0.05, 0) is 62.1 Å². The van der Waals surface area contributed by atoms with Crippen LogP contribution in [0, 0.1) is 13.8 Å². The van der Waals surface area contributed by atoms with Crippen LogP contribution in [0.3, 0.4) is 0 Å². The molecule has 0 atom stereocenters. The van der Waals surface area contributed by atoms with E-state index >= 15 is 0 Å². The Balaban J connectivity index is 2.24. The van der Waals surface area contributed by atoms with Crippen LogP contribution >= 0.6 is 0 Å². The Morgan fingerprint density at radius 1 is 0.679 bits per heavy atom. The summed E-state index contributed by atoms with van der Waals surface area (Å²) in [7, 11) is 0. The van der Waals surface area contributed by atoms with E-state index < -0.39 is 0 Å². The van der Waals surface area contributed by atoms with Crippen LogP contribution in [0.5, 0.6) is 11.5 Å². The number of benzene rings is 3. The summed E-state index contributed by atoms with van der Waals surface area (Å²) < 4.78 is 12.3. The SMILES string of the molecule is CCC/C=C/Oc1c2ccccc2c(O/C=C/CCC)c2cc(C)c(C)cc12. The molecular weight excluding hydrogens is 344 g/mol. The van der Waals surface area contributed by atoms with Crippen LogP contribution < -0.4 is 9.47 Å². The summed E-state index contributed by atoms with van der Waals surface area (Å²) in [4.78, 5) is 0. The zero-order valence-electron chi connectivity index (χ0n) is 17.4. The summed E-state index contributed by atoms with van der Waals surface area (Å²) in [5.74, 6) is 1.79. The molecule has 3 aromatic carbocycles. The summed E-state index contributed by atoms with van der Waals surface area (Å²) in [6.45, 7) is 8.61. The van der Waals surface area contributed by atoms with Gasteiger partial charge in [0, 0.05) is 21.5 Å². The Kier molecular flexibility index (Phi) is 6.76. The second kappa shape index (κ2) is 9.45. The van der Waals surface area contributed by atoms with Crippen molar-refractivity contribution in [2.75, 3.05) is 0 Å². The van der Waals surface area contributed by atoms with Crippen LogP contribution in [-0.2, 0) is 0 Å². The maximum Gasteiger partial charge on any atom is 0.142 e. The highest BCUT2D eigenvalue weighted by atomic mass is 16.5. The second-order valence-electron chi connectivity index (χ2n) is 7.24. The van der Waals surface area contributed by atoms with Gasteiger partial charge in [-0.2, -0.15) is 0 Å². The molecule has 0 spiro atoms. The number of rotatable bonds is 8. The Hall–Kier alpha value is -2.74. The van der Waals surface area contributed by atoms with Crippen molar-refractivity contribution in [3.05, 3.63) is 72.2 Å². The molecule has 0 aliphatic rings. The highest BCUT2D eigenvalue weighted by Gasteiger charge is 2.16. The number of allylic oxidation sites excluding steroid dienone is 2. The van der Waals surface area contributed by atoms with Crippen molar-refractivity contribution in [3.63, 3.8) is 0 Å². The molecule has 0 radical (unpaired) electrons. The number of unbranched alkanes of at least 4 members (excludes halogenated alkanes) is 2. The van der Waals surface area contributed by atoms with Crippen LogP contribution in [0.4, 0.5) is 0 Å². The third kappa shape index (κ3) is 4.22. The lowest BCUT2D eigenvalue weighted by atomic mass is 9.96. The third-order valence-electron chi connectivity index (χ3n) is 5.01. The maximum absolute atomic E-state index is 6.17. The lowest BCUT2D eigenvalue weighted by Gasteiger charge is -2.16. The van der Waals surface area contributed by atoms with E-state index in [1.807, 2.05) is 12.5 Å². The molecule has 2 heteroatoms. The predicted molar refractivity (Wildman–Crippen MR) is 120 cm³/mol. The van der Waals surface area contributed by atoms with Gasteiger partial charge in [0.25, 0.3) is 0 Å². The Bertz CT molecular complexity index is 930. The standard InChI is InChI=1S/C26H30O2/c1-5-7-11-15-27-25-21-13-9-10-14-22(21)26(28-16-12-8-6-2)24-18-20(4)19(3)17-23(24)25/h9-18H,5-8H2,1-4H3/b15-11+,16-12+. The lowest BCUT2D eigenvalue weighted by molar-refractivity contribution is 0.481. The molecule has 0 fully saturated rings. The van der Waals surface area contributed by atoms with Crippen molar-refractivity contribution in [1.29, 1.82) is 0 Å². The fourth-order valence-corrected chi connectivity index (χ4v) is 3.32. The van der Waals surface area contributed by atoms with E-state index in [1.165, 1.54) is 11.1 Å². The summed E-state index contributed by atoms with van der Waals surface area (Å²) >= 11 is 0. The van der Waals surface area contributed by atoms with Gasteiger partial charge in [-0.15, -0.1) is 0 Å². The van der Waals surface area contributed by atoms with Gasteiger partial charge in [0.05, 0.1) is 12.5 Å². The van der Waals surface area contributed by atoms with Crippen LogP contribution in [0.2, 0.25) is 0 Å². The van der Waals surface area contributed by atoms with Crippen molar-refractivity contribution in [2.45, 2.75) is 53.4 Å². The van der Waals surface area contributed by atoms with E-state index in [2.05, 4.69) is 76.2 Å². The first-order chi connectivity index (χ1) is 13.7. The summed E-state index contributed by atoms with van der Waals surface area (Å²) in [5.41, 5.74) is 2.50. The Morgan fingerprint density at radius 2 is 1.11 bits per heavy atom. The van der Waals surface area contributed by atoms with E-state index in [0.717, 1.165) is 58.7 Å². The molecule has 146 valence electrons. The lowest BCUT2D eigenvalue weighted by Crippen LogP contribution is -1.94. The van der Waals surface area contributed by atoms with Gasteiger partial charge in [0.2, 0.25) is 0 Å². The molecule has 0 saturated carbocycles. The minimum absolute atomic E-state index is 0.894. The molecule has 0 aliphatic heterocycles. The number of fused-ring (bicyclic) bond motifs is 2. The van der Waals surface area contributed by atoms with Crippen LogP contribution in [0.1, 0.15) is 50.7 Å². The van der Waals surface area contributed by atoms with E-state index in [-0.39, 0.29) is 0 Å². The van der Waals surface area contributed by atoms with Gasteiger partial charge in [-0.1, -0.05) is 51.0 Å². The first-order valence-electron chi connectivity index (χ1n) is 10.3. The van der Waals surface area contributed by atoms with Gasteiger partial charge < -0.3 is 9.47 Å². The molecule has 0 aromatic heterocycles. The summed E-state index contributed by atoms with van der Waals surface area (Å²) in [6, 6.07) is 12.7. The maximum atomic E-state index is 6.17. The van der Waals surface area contributed by atoms with Crippen molar-refractivity contribution in [1.82, 2.24) is 0 Å². The van der Waals surface area contributed by atoms with Gasteiger partial charge in [0.1, 0.15) is 11.5 Å². The third-order valence-corrected chi connectivity index (χ3v) is 5.01. The average Bonchev–Trinajstić information content (AvgIpc) is 2.70. The quantitative estimate of drug-likeness (QED) is 0.294. The fraction of sp³-hybridized carbons (Fsp3) is 0.308. The first-order valence-corrected chi connectivity index (χ1v) is 10.3. The van der Waals surface area contributed by atoms with E-state index in [4.69, 9.17) is 9.47 Å². The number of aryl methyl sites for hydroxylation is 2. The van der Waals surface area contributed by atoms with Gasteiger partial charge in [0.15, 0.2) is 0 Å². The molecule has 0 N–H and O–H groups in total. The number of hydrogen-bond acceptors (Lipinski definition) is 2. The second-order valence-corrected chi connectivity index (χ2v) is 7.24. The molecular formula is C26H30O2. The highest BCUT2D eigenvalue weighted by molar-refractivity contribution is 6.11. The van der Waals surface area contributed by atoms with Gasteiger partial charge in [-0.25, -0.2) is 0 Å².